The van der Waals surface area contributed by atoms with Crippen LogP contribution in [-0.2, 0) is 11.3 Å². The second-order valence-corrected chi connectivity index (χ2v) is 7.79. The third-order valence-corrected chi connectivity index (χ3v) is 6.15. The summed E-state index contributed by atoms with van der Waals surface area (Å²) >= 11 is 0. The lowest BCUT2D eigenvalue weighted by Gasteiger charge is -2.27. The molecule has 0 unspecified atom stereocenters. The van der Waals surface area contributed by atoms with Crippen LogP contribution < -0.4 is 14.2 Å². The highest BCUT2D eigenvalue weighted by Gasteiger charge is 2.26. The second-order valence-electron chi connectivity index (χ2n) is 7.79. The zero-order valence-corrected chi connectivity index (χ0v) is 19.1. The van der Waals surface area contributed by atoms with Gasteiger partial charge in [-0.1, -0.05) is 18.2 Å². The number of hydrogen-bond acceptors (Lipinski definition) is 6. The van der Waals surface area contributed by atoms with Crippen LogP contribution in [0, 0.1) is 6.92 Å². The van der Waals surface area contributed by atoms with E-state index in [2.05, 4.69) is 15.5 Å². The van der Waals surface area contributed by atoms with E-state index in [0.717, 1.165) is 56.0 Å². The number of ether oxygens (including phenoxy) is 4. The Labute approximate surface area is 188 Å². The fraction of sp³-hybridized carbons (Fsp3) is 0.400. The maximum atomic E-state index is 13.8. The number of carbonyl (C=O) groups excluding carboxylic acids is 1. The van der Waals surface area contributed by atoms with E-state index >= 15 is 0 Å². The molecule has 0 atom stereocenters. The van der Waals surface area contributed by atoms with Crippen molar-refractivity contribution in [2.75, 3.05) is 54.2 Å². The number of para-hydroxylation sites is 1. The molecule has 7 nitrogen and oxygen atoms in total. The first-order chi connectivity index (χ1) is 15.6. The Kier molecular flexibility index (Phi) is 6.67. The molecule has 0 bridgehead atoms. The molecular formula is C25H30N2O5. The van der Waals surface area contributed by atoms with Gasteiger partial charge in [-0.25, -0.2) is 0 Å². The van der Waals surface area contributed by atoms with Crippen LogP contribution in [0.15, 0.2) is 36.4 Å². The molecule has 0 N–H and O–H groups in total. The minimum absolute atomic E-state index is 0.0957. The lowest BCUT2D eigenvalue weighted by molar-refractivity contribution is 0.0365. The Bertz CT molecular complexity index is 1120. The van der Waals surface area contributed by atoms with Crippen LogP contribution in [0.25, 0.3) is 10.9 Å². The summed E-state index contributed by atoms with van der Waals surface area (Å²) in [5.41, 5.74) is 3.14. The Morgan fingerprint density at radius 2 is 1.66 bits per heavy atom. The molecule has 1 aliphatic rings. The molecule has 0 amide bonds. The van der Waals surface area contributed by atoms with Crippen molar-refractivity contribution in [3.05, 3.63) is 53.2 Å². The Morgan fingerprint density at radius 1 is 0.938 bits per heavy atom. The third-order valence-electron chi connectivity index (χ3n) is 6.15. The molecule has 1 fully saturated rings. The monoisotopic (exact) mass is 438 g/mol. The average molecular weight is 439 g/mol. The summed E-state index contributed by atoms with van der Waals surface area (Å²) < 4.78 is 24.2. The molecule has 0 saturated carbocycles. The second kappa shape index (κ2) is 9.63. The van der Waals surface area contributed by atoms with Crippen molar-refractivity contribution in [1.29, 1.82) is 0 Å². The van der Waals surface area contributed by atoms with E-state index in [4.69, 9.17) is 18.9 Å². The van der Waals surface area contributed by atoms with Crippen molar-refractivity contribution in [3.63, 3.8) is 0 Å². The van der Waals surface area contributed by atoms with Crippen molar-refractivity contribution < 1.29 is 23.7 Å². The van der Waals surface area contributed by atoms with Crippen molar-refractivity contribution in [1.82, 2.24) is 9.47 Å². The van der Waals surface area contributed by atoms with Crippen LogP contribution in [0.5, 0.6) is 17.2 Å². The summed E-state index contributed by atoms with van der Waals surface area (Å²) in [5.74, 6) is 1.21. The first-order valence-corrected chi connectivity index (χ1v) is 10.8. The molecular weight excluding hydrogens is 408 g/mol. The molecule has 4 rings (SSSR count). The highest BCUT2D eigenvalue weighted by molar-refractivity contribution is 6.19. The Hall–Kier alpha value is -3.03. The lowest BCUT2D eigenvalue weighted by Crippen LogP contribution is -2.38. The van der Waals surface area contributed by atoms with Gasteiger partial charge in [0.05, 0.1) is 45.7 Å². The van der Waals surface area contributed by atoms with Gasteiger partial charge in [-0.15, -0.1) is 0 Å². The van der Waals surface area contributed by atoms with Crippen molar-refractivity contribution >= 4 is 16.7 Å². The summed E-state index contributed by atoms with van der Waals surface area (Å²) in [7, 11) is 4.63. The number of hydrogen-bond donors (Lipinski definition) is 0. The molecule has 2 heterocycles. The number of rotatable bonds is 8. The predicted octanol–water partition coefficient (Wildman–Crippen LogP) is 3.54. The standard InChI is InChI=1S/C25H30N2O5/c1-17-22(23(28)19-9-10-21(29-2)25(31-4)24(19)30-3)18-7-5-6-8-20(18)27(17)12-11-26-13-15-32-16-14-26/h5-10H,11-16H2,1-4H3. The van der Waals surface area contributed by atoms with Gasteiger partial charge in [0, 0.05) is 42.8 Å². The zero-order valence-electron chi connectivity index (χ0n) is 19.1. The molecule has 170 valence electrons. The summed E-state index contributed by atoms with van der Waals surface area (Å²) in [6.45, 7) is 7.15. The highest BCUT2D eigenvalue weighted by atomic mass is 16.5. The first-order valence-electron chi connectivity index (χ1n) is 10.8. The van der Waals surface area contributed by atoms with Crippen LogP contribution >= 0.6 is 0 Å². The SMILES string of the molecule is COc1ccc(C(=O)c2c(C)n(CCN3CCOCC3)c3ccccc23)c(OC)c1OC. The van der Waals surface area contributed by atoms with Gasteiger partial charge in [0.15, 0.2) is 17.3 Å². The highest BCUT2D eigenvalue weighted by Crippen LogP contribution is 2.41. The zero-order chi connectivity index (χ0) is 22.7. The van der Waals surface area contributed by atoms with E-state index in [9.17, 15) is 4.79 Å². The van der Waals surface area contributed by atoms with Crippen molar-refractivity contribution in [3.8, 4) is 17.2 Å². The number of aromatic nitrogens is 1. The van der Waals surface area contributed by atoms with E-state index in [1.165, 1.54) is 14.2 Å². The van der Waals surface area contributed by atoms with Crippen LogP contribution in [-0.4, -0.2) is 69.4 Å². The third kappa shape index (κ3) is 3.94. The largest absolute Gasteiger partial charge is 0.493 e. The van der Waals surface area contributed by atoms with Gasteiger partial charge in [-0.2, -0.15) is 0 Å². The molecule has 0 aliphatic carbocycles. The minimum Gasteiger partial charge on any atom is -0.493 e. The van der Waals surface area contributed by atoms with Gasteiger partial charge in [-0.3, -0.25) is 9.69 Å². The normalized spacial score (nSPS) is 14.5. The van der Waals surface area contributed by atoms with Crippen molar-refractivity contribution in [2.45, 2.75) is 13.5 Å². The van der Waals surface area contributed by atoms with Crippen LogP contribution in [0.2, 0.25) is 0 Å². The molecule has 0 radical (unpaired) electrons. The quantitative estimate of drug-likeness (QED) is 0.502. The summed E-state index contributed by atoms with van der Waals surface area (Å²) in [6, 6.07) is 11.5. The molecule has 1 aliphatic heterocycles. The van der Waals surface area contributed by atoms with Crippen LogP contribution in [0.4, 0.5) is 0 Å². The minimum atomic E-state index is -0.0957. The Balaban J connectivity index is 1.76. The van der Waals surface area contributed by atoms with Crippen LogP contribution in [0.3, 0.4) is 0 Å². The maximum Gasteiger partial charge on any atom is 0.204 e. The van der Waals surface area contributed by atoms with E-state index in [0.29, 0.717) is 28.4 Å². The lowest BCUT2D eigenvalue weighted by atomic mass is 9.99. The molecule has 2 aromatic carbocycles. The van der Waals surface area contributed by atoms with E-state index < -0.39 is 0 Å². The van der Waals surface area contributed by atoms with Gasteiger partial charge in [0.2, 0.25) is 5.75 Å². The van der Waals surface area contributed by atoms with Crippen LogP contribution in [0.1, 0.15) is 21.6 Å². The number of methoxy groups -OCH3 is 3. The molecule has 1 saturated heterocycles. The fourth-order valence-corrected chi connectivity index (χ4v) is 4.49. The average Bonchev–Trinajstić information content (AvgIpc) is 3.12. The molecule has 3 aromatic rings. The van der Waals surface area contributed by atoms with Gasteiger partial charge in [-0.05, 0) is 25.1 Å². The van der Waals surface area contributed by atoms with E-state index in [-0.39, 0.29) is 5.78 Å². The number of benzene rings is 2. The molecule has 32 heavy (non-hydrogen) atoms. The van der Waals surface area contributed by atoms with Gasteiger partial charge in [0.25, 0.3) is 0 Å². The van der Waals surface area contributed by atoms with E-state index in [1.807, 2.05) is 25.1 Å². The van der Waals surface area contributed by atoms with E-state index in [1.54, 1.807) is 19.2 Å². The maximum absolute atomic E-state index is 13.8. The molecule has 7 heteroatoms. The number of fused-ring (bicyclic) bond motifs is 1. The molecule has 0 spiro atoms. The fourth-order valence-electron chi connectivity index (χ4n) is 4.49. The van der Waals surface area contributed by atoms with Gasteiger partial charge in [0.1, 0.15) is 0 Å². The van der Waals surface area contributed by atoms with Gasteiger partial charge >= 0.3 is 0 Å². The number of ketones is 1. The first kappa shape index (κ1) is 22.2. The summed E-state index contributed by atoms with van der Waals surface area (Å²) in [5, 5.41) is 0.939. The Morgan fingerprint density at radius 3 is 2.34 bits per heavy atom. The van der Waals surface area contributed by atoms with Gasteiger partial charge < -0.3 is 23.5 Å². The summed E-state index contributed by atoms with van der Waals surface area (Å²) in [4.78, 5) is 16.2. The summed E-state index contributed by atoms with van der Waals surface area (Å²) in [6.07, 6.45) is 0. The topological polar surface area (TPSA) is 62.2 Å². The smallest absolute Gasteiger partial charge is 0.204 e. The number of carbonyl (C=O) groups is 1. The van der Waals surface area contributed by atoms with Crippen molar-refractivity contribution in [2.24, 2.45) is 0 Å². The number of morpholine rings is 1. The number of nitrogens with zero attached hydrogens (tertiary/aromatic N) is 2. The predicted molar refractivity (Wildman–Crippen MR) is 123 cm³/mol. The molecule has 1 aromatic heterocycles.